The fourth-order valence-electron chi connectivity index (χ4n) is 5.28. The zero-order valence-corrected chi connectivity index (χ0v) is 13.2. The molecule has 0 aromatic rings. The Hall–Kier alpha value is -1.27. The first-order valence-electron chi connectivity index (χ1n) is 8.32. The lowest BCUT2D eigenvalue weighted by molar-refractivity contribution is -0.180. The van der Waals surface area contributed by atoms with Crippen molar-refractivity contribution in [2.24, 2.45) is 29.1 Å². The van der Waals surface area contributed by atoms with E-state index in [2.05, 4.69) is 5.43 Å². The molecule has 1 atom stereocenters. The number of halogens is 3. The van der Waals surface area contributed by atoms with E-state index in [1.165, 1.54) is 19.3 Å². The summed E-state index contributed by atoms with van der Waals surface area (Å²) in [5.74, 6) is -1.63. The standard InChI is InChI=1S/C16H23F3N2O2/c1-9(16(17,18)19)14(23)21-20-13(22)8-15-5-10-2-11(6-15)4-12(3-10)7-15/h9-12H,2-8H2,1H3,(H,20,22)(H,21,23). The van der Waals surface area contributed by atoms with Crippen molar-refractivity contribution in [1.29, 1.82) is 0 Å². The van der Waals surface area contributed by atoms with Crippen molar-refractivity contribution in [1.82, 2.24) is 10.9 Å². The molecule has 0 radical (unpaired) electrons. The predicted octanol–water partition coefficient (Wildman–Crippen LogP) is 2.94. The summed E-state index contributed by atoms with van der Waals surface area (Å²) in [6, 6.07) is 0. The fraction of sp³-hybridized carbons (Fsp3) is 0.875. The Morgan fingerprint density at radius 3 is 1.96 bits per heavy atom. The molecule has 0 aliphatic heterocycles. The lowest BCUT2D eigenvalue weighted by Crippen LogP contribution is -2.51. The van der Waals surface area contributed by atoms with E-state index in [9.17, 15) is 22.8 Å². The smallest absolute Gasteiger partial charge is 0.273 e. The van der Waals surface area contributed by atoms with Crippen molar-refractivity contribution in [2.45, 2.75) is 58.0 Å². The second-order valence-electron chi connectivity index (χ2n) is 7.90. The van der Waals surface area contributed by atoms with Crippen LogP contribution in [0.2, 0.25) is 0 Å². The van der Waals surface area contributed by atoms with Gasteiger partial charge in [-0.2, -0.15) is 13.2 Å². The number of alkyl halides is 3. The van der Waals surface area contributed by atoms with Crippen LogP contribution in [0, 0.1) is 29.1 Å². The highest BCUT2D eigenvalue weighted by Gasteiger charge is 2.51. The average molecular weight is 332 g/mol. The minimum absolute atomic E-state index is 0.000790. The lowest BCUT2D eigenvalue weighted by atomic mass is 9.49. The minimum Gasteiger partial charge on any atom is -0.273 e. The van der Waals surface area contributed by atoms with Crippen molar-refractivity contribution in [3.8, 4) is 0 Å². The number of rotatable bonds is 3. The van der Waals surface area contributed by atoms with Gasteiger partial charge in [0.15, 0.2) is 0 Å². The average Bonchev–Trinajstić information content (AvgIpc) is 2.40. The van der Waals surface area contributed by atoms with Crippen molar-refractivity contribution in [3.05, 3.63) is 0 Å². The van der Waals surface area contributed by atoms with Crippen LogP contribution >= 0.6 is 0 Å². The van der Waals surface area contributed by atoms with E-state index in [1.54, 1.807) is 0 Å². The minimum atomic E-state index is -4.60. The van der Waals surface area contributed by atoms with Crippen molar-refractivity contribution < 1.29 is 22.8 Å². The summed E-state index contributed by atoms with van der Waals surface area (Å²) >= 11 is 0. The maximum atomic E-state index is 12.4. The number of carbonyl (C=O) groups excluding carboxylic acids is 2. The highest BCUT2D eigenvalue weighted by Crippen LogP contribution is 2.61. The molecule has 130 valence electrons. The zero-order chi connectivity index (χ0) is 16.8. The molecule has 0 spiro atoms. The molecule has 4 saturated carbocycles. The molecule has 4 aliphatic rings. The quantitative estimate of drug-likeness (QED) is 0.781. The molecule has 4 aliphatic carbocycles. The first-order valence-corrected chi connectivity index (χ1v) is 8.32. The Kier molecular flexibility index (Phi) is 4.09. The van der Waals surface area contributed by atoms with Crippen LogP contribution in [0.3, 0.4) is 0 Å². The van der Waals surface area contributed by atoms with E-state index in [1.807, 2.05) is 5.43 Å². The number of hydrazine groups is 1. The Balaban J connectivity index is 1.51. The molecule has 2 N–H and O–H groups in total. The van der Waals surface area contributed by atoms with Crippen molar-refractivity contribution >= 4 is 11.8 Å². The van der Waals surface area contributed by atoms with Crippen molar-refractivity contribution in [2.75, 3.05) is 0 Å². The molecule has 4 nitrogen and oxygen atoms in total. The molecule has 7 heteroatoms. The molecule has 2 amide bonds. The maximum absolute atomic E-state index is 12.4. The van der Waals surface area contributed by atoms with E-state index >= 15 is 0 Å². The number of hydrogen-bond acceptors (Lipinski definition) is 2. The normalized spacial score (nSPS) is 36.6. The Bertz CT molecular complexity index is 469. The van der Waals surface area contributed by atoms with Crippen LogP contribution in [0.4, 0.5) is 13.2 Å². The van der Waals surface area contributed by atoms with Gasteiger partial charge in [-0.3, -0.25) is 20.4 Å². The summed E-state index contributed by atoms with van der Waals surface area (Å²) in [4.78, 5) is 23.5. The van der Waals surface area contributed by atoms with Gasteiger partial charge in [-0.15, -0.1) is 0 Å². The highest BCUT2D eigenvalue weighted by molar-refractivity contribution is 5.83. The number of hydrogen-bond donors (Lipinski definition) is 2. The third-order valence-electron chi connectivity index (χ3n) is 5.91. The Morgan fingerprint density at radius 1 is 1.04 bits per heavy atom. The second kappa shape index (κ2) is 5.67. The van der Waals surface area contributed by atoms with Gasteiger partial charge in [0, 0.05) is 6.42 Å². The lowest BCUT2D eigenvalue weighted by Gasteiger charge is -2.56. The van der Waals surface area contributed by atoms with Crippen LogP contribution in [0.5, 0.6) is 0 Å². The Labute approximate surface area is 133 Å². The van der Waals surface area contributed by atoms with Gasteiger partial charge < -0.3 is 0 Å². The van der Waals surface area contributed by atoms with Gasteiger partial charge >= 0.3 is 6.18 Å². The van der Waals surface area contributed by atoms with Crippen LogP contribution in [0.1, 0.15) is 51.9 Å². The largest absolute Gasteiger partial charge is 0.400 e. The van der Waals surface area contributed by atoms with E-state index in [-0.39, 0.29) is 11.3 Å². The zero-order valence-electron chi connectivity index (χ0n) is 13.2. The van der Waals surface area contributed by atoms with E-state index in [0.717, 1.165) is 26.2 Å². The number of nitrogens with one attached hydrogen (secondary N) is 2. The first-order chi connectivity index (χ1) is 10.7. The Morgan fingerprint density at radius 2 is 1.52 bits per heavy atom. The van der Waals surface area contributed by atoms with Crippen LogP contribution in [-0.2, 0) is 9.59 Å². The van der Waals surface area contributed by atoms with Gasteiger partial charge in [-0.05, 0) is 68.6 Å². The second-order valence-corrected chi connectivity index (χ2v) is 7.90. The molecule has 0 saturated heterocycles. The summed E-state index contributed by atoms with van der Waals surface area (Å²) in [5, 5.41) is 0. The fourth-order valence-corrected chi connectivity index (χ4v) is 5.28. The van der Waals surface area contributed by atoms with Gasteiger partial charge in [0.2, 0.25) is 11.8 Å². The van der Waals surface area contributed by atoms with E-state index in [0.29, 0.717) is 24.2 Å². The summed E-state index contributed by atoms with van der Waals surface area (Å²) in [6.07, 6.45) is 2.62. The summed E-state index contributed by atoms with van der Waals surface area (Å²) in [6.45, 7) is 0.778. The summed E-state index contributed by atoms with van der Waals surface area (Å²) in [5.41, 5.74) is 4.08. The van der Waals surface area contributed by atoms with Crippen LogP contribution in [0.25, 0.3) is 0 Å². The van der Waals surface area contributed by atoms with Crippen LogP contribution < -0.4 is 10.9 Å². The predicted molar refractivity (Wildman–Crippen MR) is 76.7 cm³/mol. The van der Waals surface area contributed by atoms with Crippen LogP contribution in [-0.4, -0.2) is 18.0 Å². The molecule has 1 unspecified atom stereocenters. The SMILES string of the molecule is CC(C(=O)NNC(=O)CC12CC3CC(CC(C3)C1)C2)C(F)(F)F. The summed E-state index contributed by atoms with van der Waals surface area (Å²) in [7, 11) is 0. The molecule has 0 aromatic carbocycles. The molecule has 23 heavy (non-hydrogen) atoms. The molecule has 0 aromatic heterocycles. The van der Waals surface area contributed by atoms with Gasteiger partial charge in [0.05, 0.1) is 0 Å². The molecule has 4 fully saturated rings. The molecule has 4 bridgehead atoms. The first kappa shape index (κ1) is 16.6. The van der Waals surface area contributed by atoms with Gasteiger partial charge in [-0.1, -0.05) is 0 Å². The van der Waals surface area contributed by atoms with Gasteiger partial charge in [-0.25, -0.2) is 0 Å². The maximum Gasteiger partial charge on any atom is 0.400 e. The monoisotopic (exact) mass is 332 g/mol. The molecular formula is C16H23F3N2O2. The summed E-state index contributed by atoms with van der Waals surface area (Å²) < 4.78 is 37.3. The topological polar surface area (TPSA) is 58.2 Å². The molecule has 4 rings (SSSR count). The van der Waals surface area contributed by atoms with Gasteiger partial charge in [0.25, 0.3) is 0 Å². The van der Waals surface area contributed by atoms with E-state index in [4.69, 9.17) is 0 Å². The molecular weight excluding hydrogens is 309 g/mol. The van der Waals surface area contributed by atoms with Crippen LogP contribution in [0.15, 0.2) is 0 Å². The van der Waals surface area contributed by atoms with Crippen molar-refractivity contribution in [3.63, 3.8) is 0 Å². The van der Waals surface area contributed by atoms with Gasteiger partial charge in [0.1, 0.15) is 5.92 Å². The third kappa shape index (κ3) is 3.48. The third-order valence-corrected chi connectivity index (χ3v) is 5.91. The number of carbonyl (C=O) groups is 2. The van der Waals surface area contributed by atoms with E-state index < -0.39 is 18.0 Å². The number of amides is 2. The highest BCUT2D eigenvalue weighted by atomic mass is 19.4. The molecule has 0 heterocycles.